The summed E-state index contributed by atoms with van der Waals surface area (Å²) >= 11 is 0. The summed E-state index contributed by atoms with van der Waals surface area (Å²) in [7, 11) is 1.93. The second kappa shape index (κ2) is 5.15. The van der Waals surface area contributed by atoms with E-state index in [9.17, 15) is 4.79 Å². The van der Waals surface area contributed by atoms with Crippen molar-refractivity contribution in [3.05, 3.63) is 0 Å². The highest BCUT2D eigenvalue weighted by Crippen LogP contribution is 2.19. The van der Waals surface area contributed by atoms with Crippen molar-refractivity contribution in [3.8, 4) is 0 Å². The van der Waals surface area contributed by atoms with Crippen LogP contribution in [0.15, 0.2) is 0 Å². The summed E-state index contributed by atoms with van der Waals surface area (Å²) in [6.45, 7) is 6.27. The minimum absolute atomic E-state index is 0.195. The highest BCUT2D eigenvalue weighted by Gasteiger charge is 2.28. The first-order chi connectivity index (χ1) is 7.68. The van der Waals surface area contributed by atoms with Crippen LogP contribution in [0.1, 0.15) is 26.2 Å². The number of piperidine rings is 1. The lowest BCUT2D eigenvalue weighted by molar-refractivity contribution is -0.130. The van der Waals surface area contributed by atoms with E-state index < -0.39 is 0 Å². The molecular weight excluding hydrogens is 202 g/mol. The second-order valence-corrected chi connectivity index (χ2v) is 5.04. The van der Waals surface area contributed by atoms with Crippen molar-refractivity contribution in [2.75, 3.05) is 33.2 Å². The molecule has 0 saturated carbocycles. The second-order valence-electron chi connectivity index (χ2n) is 5.04. The van der Waals surface area contributed by atoms with Crippen molar-refractivity contribution in [1.29, 1.82) is 0 Å². The maximum Gasteiger partial charge on any atom is 0.219 e. The monoisotopic (exact) mass is 225 g/mol. The number of carbonyl (C=O) groups excluding carboxylic acids is 1. The molecule has 2 fully saturated rings. The molecule has 1 N–H and O–H groups in total. The van der Waals surface area contributed by atoms with Crippen LogP contribution in [0.25, 0.3) is 0 Å². The van der Waals surface area contributed by atoms with Gasteiger partial charge in [-0.25, -0.2) is 0 Å². The van der Waals surface area contributed by atoms with Crippen LogP contribution in [0.2, 0.25) is 0 Å². The van der Waals surface area contributed by atoms with Gasteiger partial charge in [-0.3, -0.25) is 9.69 Å². The topological polar surface area (TPSA) is 35.6 Å². The molecule has 2 heterocycles. The van der Waals surface area contributed by atoms with E-state index in [4.69, 9.17) is 0 Å². The summed E-state index contributed by atoms with van der Waals surface area (Å²) in [6, 6.07) is 1.20. The molecule has 0 aromatic heterocycles. The van der Waals surface area contributed by atoms with E-state index in [1.54, 1.807) is 6.92 Å². The lowest BCUT2D eigenvalue weighted by atomic mass is 10.0. The van der Waals surface area contributed by atoms with Gasteiger partial charge in [0.05, 0.1) is 0 Å². The molecule has 0 aromatic carbocycles. The first-order valence-electron chi connectivity index (χ1n) is 6.36. The van der Waals surface area contributed by atoms with E-state index in [1.807, 2.05) is 11.9 Å². The fraction of sp³-hybridized carbons (Fsp3) is 0.917. The fourth-order valence-electron chi connectivity index (χ4n) is 2.85. The Morgan fingerprint density at radius 1 is 1.31 bits per heavy atom. The number of hydrogen-bond acceptors (Lipinski definition) is 3. The van der Waals surface area contributed by atoms with E-state index in [0.29, 0.717) is 6.04 Å². The smallest absolute Gasteiger partial charge is 0.219 e. The third kappa shape index (κ3) is 2.55. The summed E-state index contributed by atoms with van der Waals surface area (Å²) in [5.74, 6) is 0.195. The number of nitrogens with zero attached hydrogens (tertiary/aromatic N) is 2. The Bertz CT molecular complexity index is 243. The van der Waals surface area contributed by atoms with Crippen LogP contribution in [0.5, 0.6) is 0 Å². The summed E-state index contributed by atoms with van der Waals surface area (Å²) < 4.78 is 0. The molecule has 0 aliphatic carbocycles. The van der Waals surface area contributed by atoms with Crippen LogP contribution < -0.4 is 5.32 Å². The highest BCUT2D eigenvalue weighted by molar-refractivity contribution is 5.73. The van der Waals surface area contributed by atoms with Crippen LogP contribution in [0.3, 0.4) is 0 Å². The highest BCUT2D eigenvalue weighted by atomic mass is 16.2. The van der Waals surface area contributed by atoms with Gasteiger partial charge in [0.25, 0.3) is 0 Å². The molecule has 2 saturated heterocycles. The molecule has 2 rings (SSSR count). The van der Waals surface area contributed by atoms with Gasteiger partial charge in [-0.2, -0.15) is 0 Å². The fourth-order valence-corrected chi connectivity index (χ4v) is 2.85. The molecule has 0 bridgehead atoms. The minimum Gasteiger partial charge on any atom is -0.343 e. The number of nitrogens with one attached hydrogen (secondary N) is 1. The molecule has 4 nitrogen and oxygen atoms in total. The molecule has 1 unspecified atom stereocenters. The molecule has 2 aliphatic rings. The Balaban J connectivity index is 1.79. The van der Waals surface area contributed by atoms with Gasteiger partial charge < -0.3 is 10.2 Å². The van der Waals surface area contributed by atoms with E-state index >= 15 is 0 Å². The Morgan fingerprint density at radius 2 is 2.00 bits per heavy atom. The summed E-state index contributed by atoms with van der Waals surface area (Å²) in [4.78, 5) is 15.8. The van der Waals surface area contributed by atoms with E-state index in [1.165, 1.54) is 6.42 Å². The number of hydrogen-bond donors (Lipinski definition) is 1. The zero-order valence-electron chi connectivity index (χ0n) is 10.4. The van der Waals surface area contributed by atoms with Crippen LogP contribution in [0, 0.1) is 0 Å². The molecule has 0 spiro atoms. The van der Waals surface area contributed by atoms with Gasteiger partial charge in [-0.05, 0) is 25.8 Å². The number of carbonyl (C=O) groups is 1. The maximum atomic E-state index is 11.3. The quantitative estimate of drug-likeness (QED) is 0.734. The third-order valence-corrected chi connectivity index (χ3v) is 4.09. The Kier molecular flexibility index (Phi) is 3.82. The predicted molar refractivity (Wildman–Crippen MR) is 64.3 cm³/mol. The normalized spacial score (nSPS) is 28.2. The molecule has 0 aromatic rings. The molecule has 92 valence electrons. The van der Waals surface area contributed by atoms with Gasteiger partial charge in [0, 0.05) is 45.7 Å². The molecule has 4 heteroatoms. The Morgan fingerprint density at radius 3 is 2.50 bits per heavy atom. The van der Waals surface area contributed by atoms with Gasteiger partial charge >= 0.3 is 0 Å². The zero-order chi connectivity index (χ0) is 11.5. The van der Waals surface area contributed by atoms with Crippen LogP contribution in [-0.2, 0) is 4.79 Å². The largest absolute Gasteiger partial charge is 0.343 e. The number of likely N-dealkylation sites (tertiary alicyclic amines) is 1. The van der Waals surface area contributed by atoms with Crippen LogP contribution in [0.4, 0.5) is 0 Å². The van der Waals surface area contributed by atoms with E-state index in [2.05, 4.69) is 10.2 Å². The van der Waals surface area contributed by atoms with Crippen LogP contribution >= 0.6 is 0 Å². The van der Waals surface area contributed by atoms with Crippen LogP contribution in [-0.4, -0.2) is 61.0 Å². The predicted octanol–water partition coefficient (Wildman–Crippen LogP) is 0.291. The molecule has 2 aliphatic heterocycles. The molecular formula is C12H23N3O. The molecule has 1 amide bonds. The maximum absolute atomic E-state index is 11.3. The van der Waals surface area contributed by atoms with Gasteiger partial charge in [0.15, 0.2) is 0 Å². The standard InChI is InChI=1S/C12H23N3O/c1-10(16)14(2)11-4-7-15(8-5-11)12-3-6-13-9-12/h11-13H,3-9H2,1-2H3. The average Bonchev–Trinajstić information content (AvgIpc) is 2.81. The first-order valence-corrected chi connectivity index (χ1v) is 6.36. The van der Waals surface area contributed by atoms with Gasteiger partial charge in [-0.1, -0.05) is 0 Å². The van der Waals surface area contributed by atoms with Gasteiger partial charge in [0.1, 0.15) is 0 Å². The average molecular weight is 225 g/mol. The zero-order valence-corrected chi connectivity index (χ0v) is 10.4. The molecule has 16 heavy (non-hydrogen) atoms. The van der Waals surface area contributed by atoms with Crippen molar-refractivity contribution in [2.45, 2.75) is 38.3 Å². The van der Waals surface area contributed by atoms with E-state index in [-0.39, 0.29) is 5.91 Å². The number of amides is 1. The van der Waals surface area contributed by atoms with Crippen molar-refractivity contribution in [1.82, 2.24) is 15.1 Å². The van der Waals surface area contributed by atoms with E-state index in [0.717, 1.165) is 45.1 Å². The van der Waals surface area contributed by atoms with Crippen molar-refractivity contribution >= 4 is 5.91 Å². The third-order valence-electron chi connectivity index (χ3n) is 4.09. The van der Waals surface area contributed by atoms with Crippen molar-refractivity contribution < 1.29 is 4.79 Å². The lowest BCUT2D eigenvalue weighted by Crippen LogP contribution is -2.48. The lowest BCUT2D eigenvalue weighted by Gasteiger charge is -2.38. The first kappa shape index (κ1) is 11.9. The Hall–Kier alpha value is -0.610. The molecule has 1 atom stereocenters. The summed E-state index contributed by atoms with van der Waals surface area (Å²) in [6.07, 6.45) is 3.55. The van der Waals surface area contributed by atoms with Gasteiger partial charge in [0.2, 0.25) is 5.91 Å². The number of rotatable bonds is 2. The minimum atomic E-state index is 0.195. The molecule has 0 radical (unpaired) electrons. The van der Waals surface area contributed by atoms with Gasteiger partial charge in [-0.15, -0.1) is 0 Å². The Labute approximate surface area is 98.0 Å². The summed E-state index contributed by atoms with van der Waals surface area (Å²) in [5, 5.41) is 3.42. The van der Waals surface area contributed by atoms with Crippen molar-refractivity contribution in [3.63, 3.8) is 0 Å². The summed E-state index contributed by atoms with van der Waals surface area (Å²) in [5.41, 5.74) is 0. The van der Waals surface area contributed by atoms with Crippen molar-refractivity contribution in [2.24, 2.45) is 0 Å². The SMILES string of the molecule is CC(=O)N(C)C1CCN(C2CCNC2)CC1.